The van der Waals surface area contributed by atoms with E-state index in [1.165, 1.54) is 7.11 Å². The van der Waals surface area contributed by atoms with E-state index in [2.05, 4.69) is 4.74 Å². The molecular weight excluding hydrogens is 206 g/mol. The van der Waals surface area contributed by atoms with E-state index in [1.54, 1.807) is 23.2 Å². The van der Waals surface area contributed by atoms with Gasteiger partial charge in [-0.2, -0.15) is 0 Å². The monoisotopic (exact) mass is 223 g/mol. The highest BCUT2D eigenvalue weighted by atomic mass is 16.5. The summed E-state index contributed by atoms with van der Waals surface area (Å²) in [6.45, 7) is 3.90. The molecule has 0 aliphatic rings. The summed E-state index contributed by atoms with van der Waals surface area (Å²) in [5, 5.41) is 1.55. The van der Waals surface area contributed by atoms with Gasteiger partial charge in [-0.25, -0.2) is 10.6 Å². The number of nitrogens with zero attached hydrogens (tertiary/aromatic N) is 1. The molecule has 0 fully saturated rings. The van der Waals surface area contributed by atoms with Crippen molar-refractivity contribution in [3.8, 4) is 0 Å². The largest absolute Gasteiger partial charge is 0.465 e. The van der Waals surface area contributed by atoms with E-state index in [9.17, 15) is 4.79 Å². The fourth-order valence-corrected chi connectivity index (χ4v) is 1.31. The molecule has 5 nitrogen and oxygen atoms in total. The van der Waals surface area contributed by atoms with Crippen molar-refractivity contribution in [2.45, 2.75) is 19.9 Å². The minimum absolute atomic E-state index is 0.131. The zero-order valence-electron chi connectivity index (χ0n) is 9.73. The fourth-order valence-electron chi connectivity index (χ4n) is 1.31. The van der Waals surface area contributed by atoms with Crippen LogP contribution in [0.4, 0.5) is 11.4 Å². The number of benzene rings is 1. The molecule has 1 aromatic rings. The number of hydrogen-bond donors (Lipinski definition) is 2. The second-order valence-electron chi connectivity index (χ2n) is 3.77. The van der Waals surface area contributed by atoms with E-state index < -0.39 is 5.97 Å². The molecular formula is C11H17N3O2. The summed E-state index contributed by atoms with van der Waals surface area (Å²) < 4.78 is 4.60. The lowest BCUT2D eigenvalue weighted by atomic mass is 10.1. The summed E-state index contributed by atoms with van der Waals surface area (Å²) in [5.41, 5.74) is 7.40. The van der Waals surface area contributed by atoms with Gasteiger partial charge in [0.15, 0.2) is 0 Å². The Morgan fingerprint density at radius 3 is 2.50 bits per heavy atom. The molecule has 88 valence electrons. The zero-order chi connectivity index (χ0) is 12.3. The van der Waals surface area contributed by atoms with Gasteiger partial charge in [-0.05, 0) is 32.0 Å². The van der Waals surface area contributed by atoms with Crippen LogP contribution in [-0.4, -0.2) is 19.1 Å². The van der Waals surface area contributed by atoms with Crippen molar-refractivity contribution in [2.24, 2.45) is 5.84 Å². The molecule has 0 amide bonds. The first kappa shape index (κ1) is 12.3. The maximum absolute atomic E-state index is 11.3. The minimum Gasteiger partial charge on any atom is -0.465 e. The van der Waals surface area contributed by atoms with Crippen molar-refractivity contribution in [3.63, 3.8) is 0 Å². The number of ether oxygens (including phenoxy) is 1. The number of carbonyl (C=O) groups excluding carboxylic acids is 1. The van der Waals surface area contributed by atoms with Gasteiger partial charge in [-0.3, -0.25) is 0 Å². The Hall–Kier alpha value is -1.75. The lowest BCUT2D eigenvalue weighted by Gasteiger charge is -2.24. The SMILES string of the molecule is COC(=O)c1ccc(N(N)C(C)C)c(N)c1. The summed E-state index contributed by atoms with van der Waals surface area (Å²) in [7, 11) is 1.33. The quantitative estimate of drug-likeness (QED) is 0.347. The van der Waals surface area contributed by atoms with E-state index >= 15 is 0 Å². The standard InChI is InChI=1S/C11H17N3O2/c1-7(2)14(13)10-5-4-8(6-9(10)12)11(15)16-3/h4-7H,12-13H2,1-3H3. The Kier molecular flexibility index (Phi) is 3.73. The molecule has 0 aliphatic carbocycles. The highest BCUT2D eigenvalue weighted by Crippen LogP contribution is 2.23. The van der Waals surface area contributed by atoms with Crippen LogP contribution < -0.4 is 16.6 Å². The van der Waals surface area contributed by atoms with Crippen LogP contribution in [0.15, 0.2) is 18.2 Å². The van der Waals surface area contributed by atoms with Crippen LogP contribution in [0.1, 0.15) is 24.2 Å². The average Bonchev–Trinajstić information content (AvgIpc) is 2.26. The Bertz CT molecular complexity index is 391. The van der Waals surface area contributed by atoms with Crippen LogP contribution in [0.5, 0.6) is 0 Å². The van der Waals surface area contributed by atoms with Gasteiger partial charge in [-0.1, -0.05) is 0 Å². The fraction of sp³-hybridized carbons (Fsp3) is 0.364. The van der Waals surface area contributed by atoms with Crippen LogP contribution in [0, 0.1) is 0 Å². The molecule has 0 bridgehead atoms. The predicted octanol–water partition coefficient (Wildman–Crippen LogP) is 1.14. The van der Waals surface area contributed by atoms with Crippen LogP contribution in [-0.2, 0) is 4.74 Å². The van der Waals surface area contributed by atoms with Crippen LogP contribution in [0.3, 0.4) is 0 Å². The maximum Gasteiger partial charge on any atom is 0.337 e. The Labute approximate surface area is 94.9 Å². The minimum atomic E-state index is -0.411. The molecule has 0 spiro atoms. The van der Waals surface area contributed by atoms with Gasteiger partial charge in [-0.15, -0.1) is 0 Å². The number of nitrogen functional groups attached to an aromatic ring is 1. The molecule has 1 rings (SSSR count). The van der Waals surface area contributed by atoms with Crippen LogP contribution in [0.25, 0.3) is 0 Å². The first-order valence-corrected chi connectivity index (χ1v) is 4.99. The van der Waals surface area contributed by atoms with Gasteiger partial charge >= 0.3 is 5.97 Å². The third kappa shape index (κ3) is 2.43. The molecule has 0 aromatic heterocycles. The lowest BCUT2D eigenvalue weighted by Crippen LogP contribution is -2.37. The third-order valence-corrected chi connectivity index (χ3v) is 2.28. The smallest absolute Gasteiger partial charge is 0.337 e. The number of esters is 1. The van der Waals surface area contributed by atoms with E-state index in [-0.39, 0.29) is 6.04 Å². The Morgan fingerprint density at radius 1 is 1.44 bits per heavy atom. The molecule has 4 N–H and O–H groups in total. The average molecular weight is 223 g/mol. The summed E-state index contributed by atoms with van der Waals surface area (Å²) in [6, 6.07) is 5.04. The van der Waals surface area contributed by atoms with Crippen LogP contribution in [0.2, 0.25) is 0 Å². The van der Waals surface area contributed by atoms with Crippen molar-refractivity contribution < 1.29 is 9.53 Å². The second-order valence-corrected chi connectivity index (χ2v) is 3.77. The molecule has 0 saturated heterocycles. The first-order valence-electron chi connectivity index (χ1n) is 4.99. The molecule has 16 heavy (non-hydrogen) atoms. The van der Waals surface area contributed by atoms with E-state index in [1.807, 2.05) is 13.8 Å². The summed E-state index contributed by atoms with van der Waals surface area (Å²) in [6.07, 6.45) is 0. The molecule has 0 saturated carbocycles. The first-order chi connectivity index (χ1) is 7.47. The van der Waals surface area contributed by atoms with Gasteiger partial charge in [0.1, 0.15) is 0 Å². The highest BCUT2D eigenvalue weighted by Gasteiger charge is 2.12. The van der Waals surface area contributed by atoms with Crippen LogP contribution >= 0.6 is 0 Å². The molecule has 0 radical (unpaired) electrons. The van der Waals surface area contributed by atoms with Crippen molar-refractivity contribution in [3.05, 3.63) is 23.8 Å². The number of nitrogens with two attached hydrogens (primary N) is 2. The zero-order valence-corrected chi connectivity index (χ0v) is 9.73. The number of methoxy groups -OCH3 is 1. The van der Waals surface area contributed by atoms with E-state index in [0.717, 1.165) is 0 Å². The summed E-state index contributed by atoms with van der Waals surface area (Å²) in [5.74, 6) is 5.42. The molecule has 0 aliphatic heterocycles. The maximum atomic E-state index is 11.3. The second kappa shape index (κ2) is 4.85. The molecule has 0 heterocycles. The van der Waals surface area contributed by atoms with Gasteiger partial charge in [0.25, 0.3) is 0 Å². The van der Waals surface area contributed by atoms with Crippen molar-refractivity contribution in [2.75, 3.05) is 17.9 Å². The Balaban J connectivity index is 3.05. The molecule has 0 atom stereocenters. The molecule has 1 aromatic carbocycles. The number of anilines is 2. The van der Waals surface area contributed by atoms with Gasteiger partial charge in [0.05, 0.1) is 24.0 Å². The number of carbonyl (C=O) groups is 1. The highest BCUT2D eigenvalue weighted by molar-refractivity contribution is 5.91. The van der Waals surface area contributed by atoms with Gasteiger partial charge in [0.2, 0.25) is 0 Å². The summed E-state index contributed by atoms with van der Waals surface area (Å²) >= 11 is 0. The van der Waals surface area contributed by atoms with Gasteiger partial charge < -0.3 is 15.5 Å². The van der Waals surface area contributed by atoms with Crippen molar-refractivity contribution in [1.29, 1.82) is 0 Å². The number of hydrazine groups is 1. The third-order valence-electron chi connectivity index (χ3n) is 2.28. The van der Waals surface area contributed by atoms with Gasteiger partial charge in [0, 0.05) is 6.04 Å². The predicted molar refractivity (Wildman–Crippen MR) is 64.0 cm³/mol. The Morgan fingerprint density at radius 2 is 2.06 bits per heavy atom. The van der Waals surface area contributed by atoms with Crippen molar-refractivity contribution >= 4 is 17.3 Å². The van der Waals surface area contributed by atoms with E-state index in [0.29, 0.717) is 16.9 Å². The van der Waals surface area contributed by atoms with Crippen molar-refractivity contribution in [1.82, 2.24) is 0 Å². The lowest BCUT2D eigenvalue weighted by molar-refractivity contribution is 0.0601. The topological polar surface area (TPSA) is 81.6 Å². The molecule has 0 unspecified atom stereocenters. The summed E-state index contributed by atoms with van der Waals surface area (Å²) in [4.78, 5) is 11.3. The molecule has 5 heteroatoms. The van der Waals surface area contributed by atoms with E-state index in [4.69, 9.17) is 11.6 Å². The number of rotatable bonds is 3. The number of hydrogen-bond acceptors (Lipinski definition) is 5. The normalized spacial score (nSPS) is 10.3.